The summed E-state index contributed by atoms with van der Waals surface area (Å²) >= 11 is 0. The first-order valence-electron chi connectivity index (χ1n) is 9.31. The van der Waals surface area contributed by atoms with Gasteiger partial charge in [-0.25, -0.2) is 0 Å². The number of carbonyl (C=O) groups excluding carboxylic acids is 2. The van der Waals surface area contributed by atoms with Gasteiger partial charge in [0.1, 0.15) is 0 Å². The van der Waals surface area contributed by atoms with E-state index in [1.807, 2.05) is 41.3 Å². The fourth-order valence-corrected chi connectivity index (χ4v) is 4.28. The lowest BCUT2D eigenvalue weighted by Gasteiger charge is -2.44. The van der Waals surface area contributed by atoms with Gasteiger partial charge in [0.05, 0.1) is 29.9 Å². The van der Waals surface area contributed by atoms with Crippen molar-refractivity contribution in [3.8, 4) is 0 Å². The van der Waals surface area contributed by atoms with Crippen molar-refractivity contribution in [2.24, 2.45) is 0 Å². The van der Waals surface area contributed by atoms with Gasteiger partial charge in [0, 0.05) is 25.8 Å². The zero-order valence-corrected chi connectivity index (χ0v) is 15.1. The summed E-state index contributed by atoms with van der Waals surface area (Å²) in [7, 11) is 0. The van der Waals surface area contributed by atoms with Gasteiger partial charge in [0.25, 0.3) is 5.91 Å². The van der Waals surface area contributed by atoms with E-state index in [9.17, 15) is 14.0 Å². The molecule has 0 radical (unpaired) electrons. The first-order chi connectivity index (χ1) is 13.2. The fourth-order valence-electron chi connectivity index (χ4n) is 4.28. The van der Waals surface area contributed by atoms with Crippen molar-refractivity contribution in [1.82, 2.24) is 14.8 Å². The predicted octanol–water partition coefficient (Wildman–Crippen LogP) is 2.91. The molecule has 0 aliphatic carbocycles. The van der Waals surface area contributed by atoms with Gasteiger partial charge >= 0.3 is 0 Å². The molecule has 6 heteroatoms. The van der Waals surface area contributed by atoms with Crippen molar-refractivity contribution in [3.63, 3.8) is 0 Å². The van der Waals surface area contributed by atoms with Gasteiger partial charge in [-0.15, -0.1) is 0 Å². The molecule has 27 heavy (non-hydrogen) atoms. The Morgan fingerprint density at radius 1 is 1.11 bits per heavy atom. The standard InChI is InChI=1S/C21H22FN3O2/c22-11-8-18(26)24-13-9-21(10-14-24)19-17(7-4-12-23-19)20(27)25(21)15-16-5-2-1-3-6-16/h1-7,12H,8-11,13-15H2. The van der Waals surface area contributed by atoms with Gasteiger partial charge < -0.3 is 9.80 Å². The molecule has 2 aromatic rings. The van der Waals surface area contributed by atoms with Crippen molar-refractivity contribution < 1.29 is 14.0 Å². The molecule has 4 rings (SSSR count). The molecule has 1 aromatic carbocycles. The molecule has 3 heterocycles. The van der Waals surface area contributed by atoms with Crippen LogP contribution < -0.4 is 0 Å². The van der Waals surface area contributed by atoms with Crippen LogP contribution in [0.1, 0.15) is 40.9 Å². The van der Waals surface area contributed by atoms with E-state index in [4.69, 9.17) is 0 Å². The van der Waals surface area contributed by atoms with Crippen LogP contribution in [0, 0.1) is 0 Å². The van der Waals surface area contributed by atoms with Crippen molar-refractivity contribution in [3.05, 3.63) is 65.5 Å². The summed E-state index contributed by atoms with van der Waals surface area (Å²) in [6.07, 6.45) is 2.89. The largest absolute Gasteiger partial charge is 0.342 e. The highest BCUT2D eigenvalue weighted by atomic mass is 19.1. The van der Waals surface area contributed by atoms with E-state index >= 15 is 0 Å². The Hall–Kier alpha value is -2.76. The number of aromatic nitrogens is 1. The Bertz CT molecular complexity index is 848. The van der Waals surface area contributed by atoms with Crippen molar-refractivity contribution in [1.29, 1.82) is 0 Å². The lowest BCUT2D eigenvalue weighted by atomic mass is 9.83. The Kier molecular flexibility index (Phi) is 4.64. The number of alkyl halides is 1. The number of fused-ring (bicyclic) bond motifs is 2. The van der Waals surface area contributed by atoms with E-state index in [2.05, 4.69) is 4.98 Å². The zero-order valence-electron chi connectivity index (χ0n) is 15.1. The van der Waals surface area contributed by atoms with Gasteiger partial charge in [-0.3, -0.25) is 19.0 Å². The predicted molar refractivity (Wildman–Crippen MR) is 98.6 cm³/mol. The average molecular weight is 367 g/mol. The topological polar surface area (TPSA) is 53.5 Å². The van der Waals surface area contributed by atoms with E-state index in [1.165, 1.54) is 0 Å². The molecule has 1 fully saturated rings. The molecule has 0 unspecified atom stereocenters. The second kappa shape index (κ2) is 7.10. The van der Waals surface area contributed by atoms with Gasteiger partial charge in [-0.1, -0.05) is 30.3 Å². The van der Waals surface area contributed by atoms with Crippen LogP contribution in [0.4, 0.5) is 4.39 Å². The van der Waals surface area contributed by atoms with Crippen LogP contribution in [0.3, 0.4) is 0 Å². The number of hydrogen-bond acceptors (Lipinski definition) is 3. The van der Waals surface area contributed by atoms with Gasteiger partial charge in [0.2, 0.25) is 5.91 Å². The molecule has 0 saturated carbocycles. The third kappa shape index (κ3) is 2.99. The number of nitrogens with zero attached hydrogens (tertiary/aromatic N) is 3. The second-order valence-corrected chi connectivity index (χ2v) is 7.13. The molecule has 0 bridgehead atoms. The molecule has 1 saturated heterocycles. The third-order valence-corrected chi connectivity index (χ3v) is 5.68. The van der Waals surface area contributed by atoms with Gasteiger partial charge in [-0.05, 0) is 30.5 Å². The summed E-state index contributed by atoms with van der Waals surface area (Å²) in [5.74, 6) is -0.169. The van der Waals surface area contributed by atoms with Crippen LogP contribution in [0.25, 0.3) is 0 Å². The maximum Gasteiger partial charge on any atom is 0.256 e. The molecule has 0 atom stereocenters. The summed E-state index contributed by atoms with van der Waals surface area (Å²) in [6, 6.07) is 13.5. The van der Waals surface area contributed by atoms with Crippen LogP contribution in [0.2, 0.25) is 0 Å². The minimum absolute atomic E-state index is 0.00881. The molecule has 140 valence electrons. The maximum absolute atomic E-state index is 13.1. The fraction of sp³-hybridized carbons (Fsp3) is 0.381. The number of amides is 2. The maximum atomic E-state index is 13.1. The molecule has 2 amide bonds. The number of benzene rings is 1. The Labute approximate surface area is 157 Å². The number of halogens is 1. The molecule has 2 aliphatic rings. The number of piperidine rings is 1. The highest BCUT2D eigenvalue weighted by Crippen LogP contribution is 2.46. The third-order valence-electron chi connectivity index (χ3n) is 5.68. The van der Waals surface area contributed by atoms with Gasteiger partial charge in [0.15, 0.2) is 0 Å². The molecular formula is C21H22FN3O2. The van der Waals surface area contributed by atoms with Crippen molar-refractivity contribution >= 4 is 11.8 Å². The SMILES string of the molecule is O=C(CCF)N1CCC2(CC1)c1ncccc1C(=O)N2Cc1ccccc1. The lowest BCUT2D eigenvalue weighted by Crippen LogP contribution is -2.52. The number of rotatable bonds is 4. The highest BCUT2D eigenvalue weighted by Gasteiger charge is 2.52. The summed E-state index contributed by atoms with van der Waals surface area (Å²) < 4.78 is 12.5. The van der Waals surface area contributed by atoms with E-state index in [1.54, 1.807) is 17.2 Å². The van der Waals surface area contributed by atoms with E-state index in [0.29, 0.717) is 38.0 Å². The quantitative estimate of drug-likeness (QED) is 0.835. The Morgan fingerprint density at radius 3 is 2.56 bits per heavy atom. The Morgan fingerprint density at radius 2 is 1.85 bits per heavy atom. The Balaban J connectivity index is 1.65. The first-order valence-corrected chi connectivity index (χ1v) is 9.31. The lowest BCUT2D eigenvalue weighted by molar-refractivity contribution is -0.134. The highest BCUT2D eigenvalue weighted by molar-refractivity contribution is 5.99. The summed E-state index contributed by atoms with van der Waals surface area (Å²) in [5.41, 5.74) is 2.02. The summed E-state index contributed by atoms with van der Waals surface area (Å²) in [4.78, 5) is 33.4. The first kappa shape index (κ1) is 17.6. The van der Waals surface area contributed by atoms with Crippen molar-refractivity contribution in [2.45, 2.75) is 31.3 Å². The molecule has 5 nitrogen and oxygen atoms in total. The summed E-state index contributed by atoms with van der Waals surface area (Å²) in [5, 5.41) is 0. The molecule has 0 N–H and O–H groups in total. The molecular weight excluding hydrogens is 345 g/mol. The normalized spacial score (nSPS) is 18.0. The van der Waals surface area contributed by atoms with E-state index in [0.717, 1.165) is 11.3 Å². The summed E-state index contributed by atoms with van der Waals surface area (Å²) in [6.45, 7) is 0.888. The van der Waals surface area contributed by atoms with Crippen LogP contribution in [-0.2, 0) is 16.9 Å². The monoisotopic (exact) mass is 367 g/mol. The minimum atomic E-state index is -0.635. The number of likely N-dealkylation sites (tertiary alicyclic amines) is 1. The molecule has 1 spiro atoms. The van der Waals surface area contributed by atoms with E-state index < -0.39 is 12.2 Å². The molecule has 2 aliphatic heterocycles. The van der Waals surface area contributed by atoms with Crippen molar-refractivity contribution in [2.75, 3.05) is 19.8 Å². The number of pyridine rings is 1. The minimum Gasteiger partial charge on any atom is -0.342 e. The second-order valence-electron chi connectivity index (χ2n) is 7.13. The number of hydrogen-bond donors (Lipinski definition) is 0. The smallest absolute Gasteiger partial charge is 0.256 e. The molecule has 1 aromatic heterocycles. The van der Waals surface area contributed by atoms with Crippen LogP contribution in [-0.4, -0.2) is 46.4 Å². The van der Waals surface area contributed by atoms with Crippen LogP contribution >= 0.6 is 0 Å². The van der Waals surface area contributed by atoms with E-state index in [-0.39, 0.29) is 18.2 Å². The number of carbonyl (C=O) groups is 2. The van der Waals surface area contributed by atoms with Crippen LogP contribution in [0.5, 0.6) is 0 Å². The average Bonchev–Trinajstić information content (AvgIpc) is 2.93. The zero-order chi connectivity index (χ0) is 18.9. The van der Waals surface area contributed by atoms with Crippen LogP contribution in [0.15, 0.2) is 48.7 Å². The van der Waals surface area contributed by atoms with Gasteiger partial charge in [-0.2, -0.15) is 0 Å².